The standard InChI is InChI=1S/C21H13F3N2O/c22-21(23,24)17-6-4-5-16(13-17)20(26-18-7-2-1-3-8-18)27-19-11-9-15(14-25)10-12-19/h1-13H. The summed E-state index contributed by atoms with van der Waals surface area (Å²) in [5.41, 5.74) is 0.392. The van der Waals surface area contributed by atoms with Crippen molar-refractivity contribution in [1.29, 1.82) is 5.26 Å². The Morgan fingerprint density at radius 3 is 2.22 bits per heavy atom. The molecule has 0 aliphatic heterocycles. The quantitative estimate of drug-likeness (QED) is 0.439. The number of benzene rings is 3. The van der Waals surface area contributed by atoms with Crippen molar-refractivity contribution < 1.29 is 17.9 Å². The van der Waals surface area contributed by atoms with Gasteiger partial charge >= 0.3 is 6.18 Å². The molecule has 0 aliphatic carbocycles. The maximum Gasteiger partial charge on any atom is 0.416 e. The molecule has 0 saturated carbocycles. The van der Waals surface area contributed by atoms with Crippen LogP contribution in [0, 0.1) is 11.3 Å². The number of rotatable bonds is 3. The second-order valence-electron chi connectivity index (χ2n) is 5.57. The zero-order valence-electron chi connectivity index (χ0n) is 13.9. The number of aliphatic imine (C=N–C) groups is 1. The van der Waals surface area contributed by atoms with Gasteiger partial charge in [0.1, 0.15) is 5.75 Å². The summed E-state index contributed by atoms with van der Waals surface area (Å²) >= 11 is 0. The van der Waals surface area contributed by atoms with Crippen LogP contribution in [0.2, 0.25) is 0 Å². The lowest BCUT2D eigenvalue weighted by atomic mass is 10.1. The smallest absolute Gasteiger partial charge is 0.416 e. The highest BCUT2D eigenvalue weighted by molar-refractivity contribution is 5.97. The van der Waals surface area contributed by atoms with Gasteiger partial charge in [-0.15, -0.1) is 0 Å². The first kappa shape index (κ1) is 18.2. The zero-order chi connectivity index (χ0) is 19.3. The summed E-state index contributed by atoms with van der Waals surface area (Å²) in [4.78, 5) is 4.35. The summed E-state index contributed by atoms with van der Waals surface area (Å²) in [7, 11) is 0. The van der Waals surface area contributed by atoms with Crippen LogP contribution >= 0.6 is 0 Å². The lowest BCUT2D eigenvalue weighted by molar-refractivity contribution is -0.137. The molecule has 0 saturated heterocycles. The number of alkyl halides is 3. The summed E-state index contributed by atoms with van der Waals surface area (Å²) in [5, 5.41) is 8.87. The van der Waals surface area contributed by atoms with Crippen LogP contribution < -0.4 is 4.74 Å². The van der Waals surface area contributed by atoms with E-state index in [0.29, 0.717) is 17.0 Å². The Hall–Kier alpha value is -3.59. The molecule has 3 aromatic rings. The second kappa shape index (κ2) is 7.75. The highest BCUT2D eigenvalue weighted by Crippen LogP contribution is 2.30. The van der Waals surface area contributed by atoms with Crippen LogP contribution in [-0.4, -0.2) is 5.90 Å². The van der Waals surface area contributed by atoms with Crippen LogP contribution in [0.4, 0.5) is 18.9 Å². The van der Waals surface area contributed by atoms with Gasteiger partial charge in [-0.1, -0.05) is 24.3 Å². The van der Waals surface area contributed by atoms with Crippen molar-refractivity contribution in [2.24, 2.45) is 4.99 Å². The molecule has 0 bridgehead atoms. The van der Waals surface area contributed by atoms with Gasteiger partial charge in [0, 0.05) is 5.56 Å². The Balaban J connectivity index is 2.02. The molecule has 3 aromatic carbocycles. The van der Waals surface area contributed by atoms with Crippen molar-refractivity contribution in [2.45, 2.75) is 6.18 Å². The number of hydrogen-bond donors (Lipinski definition) is 0. The molecule has 27 heavy (non-hydrogen) atoms. The molecule has 0 aliphatic rings. The largest absolute Gasteiger partial charge is 0.438 e. The van der Waals surface area contributed by atoms with E-state index in [1.807, 2.05) is 12.1 Å². The van der Waals surface area contributed by atoms with Crippen LogP contribution in [0.3, 0.4) is 0 Å². The molecule has 0 radical (unpaired) electrons. The van der Waals surface area contributed by atoms with E-state index in [1.165, 1.54) is 12.1 Å². The SMILES string of the molecule is N#Cc1ccc(OC(=Nc2ccccc2)c2cccc(C(F)(F)F)c2)cc1. The number of para-hydroxylation sites is 1. The van der Waals surface area contributed by atoms with Crippen LogP contribution in [0.1, 0.15) is 16.7 Å². The van der Waals surface area contributed by atoms with Gasteiger partial charge in [0.15, 0.2) is 0 Å². The van der Waals surface area contributed by atoms with Crippen LogP contribution in [0.5, 0.6) is 5.75 Å². The predicted octanol–water partition coefficient (Wildman–Crippen LogP) is 5.73. The van der Waals surface area contributed by atoms with Gasteiger partial charge in [-0.2, -0.15) is 18.4 Å². The fraction of sp³-hybridized carbons (Fsp3) is 0.0476. The average Bonchev–Trinajstić information content (AvgIpc) is 2.68. The minimum absolute atomic E-state index is 0.0250. The van der Waals surface area contributed by atoms with Crippen molar-refractivity contribution in [3.8, 4) is 11.8 Å². The minimum atomic E-state index is -4.47. The third-order valence-electron chi connectivity index (χ3n) is 3.62. The molecule has 0 aromatic heterocycles. The van der Waals surface area contributed by atoms with Crippen molar-refractivity contribution in [2.75, 3.05) is 0 Å². The molecule has 0 amide bonds. The third kappa shape index (κ3) is 4.73. The van der Waals surface area contributed by atoms with Crippen molar-refractivity contribution in [1.82, 2.24) is 0 Å². The Morgan fingerprint density at radius 2 is 1.59 bits per heavy atom. The summed E-state index contributed by atoms with van der Waals surface area (Å²) in [6.45, 7) is 0. The van der Waals surface area contributed by atoms with Crippen molar-refractivity contribution in [3.63, 3.8) is 0 Å². The van der Waals surface area contributed by atoms with E-state index in [9.17, 15) is 13.2 Å². The molecule has 0 spiro atoms. The summed E-state index contributed by atoms with van der Waals surface area (Å²) in [6.07, 6.45) is -4.47. The normalized spacial score (nSPS) is 11.7. The lowest BCUT2D eigenvalue weighted by Gasteiger charge is -2.12. The summed E-state index contributed by atoms with van der Waals surface area (Å²) in [6, 6.07) is 21.8. The molecular weight excluding hydrogens is 353 g/mol. The molecule has 6 heteroatoms. The number of nitrogens with zero attached hydrogens (tertiary/aromatic N) is 2. The average molecular weight is 366 g/mol. The Morgan fingerprint density at radius 1 is 0.889 bits per heavy atom. The molecule has 134 valence electrons. The van der Waals surface area contributed by atoms with Crippen LogP contribution in [0.15, 0.2) is 83.9 Å². The van der Waals surface area contributed by atoms with Crippen LogP contribution in [0.25, 0.3) is 0 Å². The van der Waals surface area contributed by atoms with E-state index >= 15 is 0 Å². The van der Waals surface area contributed by atoms with E-state index in [4.69, 9.17) is 10.00 Å². The Kier molecular flexibility index (Phi) is 5.23. The number of hydrogen-bond acceptors (Lipinski definition) is 3. The molecule has 0 heterocycles. The molecular formula is C21H13F3N2O. The first-order chi connectivity index (χ1) is 13.0. The molecule has 0 unspecified atom stereocenters. The topological polar surface area (TPSA) is 45.4 Å². The fourth-order valence-electron chi connectivity index (χ4n) is 2.30. The first-order valence-electron chi connectivity index (χ1n) is 7.95. The number of nitriles is 1. The molecule has 0 N–H and O–H groups in total. The zero-order valence-corrected chi connectivity index (χ0v) is 13.9. The van der Waals surface area contributed by atoms with E-state index < -0.39 is 11.7 Å². The first-order valence-corrected chi connectivity index (χ1v) is 7.95. The van der Waals surface area contributed by atoms with Gasteiger partial charge in [-0.25, -0.2) is 4.99 Å². The van der Waals surface area contributed by atoms with Crippen molar-refractivity contribution in [3.05, 3.63) is 95.6 Å². The fourth-order valence-corrected chi connectivity index (χ4v) is 2.30. The maximum absolute atomic E-state index is 13.1. The van der Waals surface area contributed by atoms with E-state index in [-0.39, 0.29) is 11.5 Å². The van der Waals surface area contributed by atoms with E-state index in [2.05, 4.69) is 4.99 Å². The van der Waals surface area contributed by atoms with Gasteiger partial charge in [-0.3, -0.25) is 0 Å². The minimum Gasteiger partial charge on any atom is -0.438 e. The van der Waals surface area contributed by atoms with Gasteiger partial charge in [0.05, 0.1) is 22.9 Å². The van der Waals surface area contributed by atoms with Gasteiger partial charge in [0.25, 0.3) is 0 Å². The molecule has 0 fully saturated rings. The Bertz CT molecular complexity index is 988. The van der Waals surface area contributed by atoms with Gasteiger partial charge in [-0.05, 0) is 54.6 Å². The monoisotopic (exact) mass is 366 g/mol. The van der Waals surface area contributed by atoms with Crippen molar-refractivity contribution >= 4 is 11.6 Å². The molecule has 0 atom stereocenters. The molecule has 3 nitrogen and oxygen atoms in total. The number of halogens is 3. The number of ether oxygens (including phenoxy) is 1. The predicted molar refractivity (Wildman–Crippen MR) is 95.9 cm³/mol. The van der Waals surface area contributed by atoms with E-state index in [1.54, 1.807) is 48.5 Å². The molecule has 3 rings (SSSR count). The van der Waals surface area contributed by atoms with Gasteiger partial charge < -0.3 is 4.74 Å². The lowest BCUT2D eigenvalue weighted by Crippen LogP contribution is -2.13. The summed E-state index contributed by atoms with van der Waals surface area (Å²) in [5.74, 6) is 0.387. The van der Waals surface area contributed by atoms with Gasteiger partial charge in [0.2, 0.25) is 5.90 Å². The maximum atomic E-state index is 13.1. The third-order valence-corrected chi connectivity index (χ3v) is 3.62. The van der Waals surface area contributed by atoms with E-state index in [0.717, 1.165) is 12.1 Å². The highest BCUT2D eigenvalue weighted by atomic mass is 19.4. The highest BCUT2D eigenvalue weighted by Gasteiger charge is 2.30. The second-order valence-corrected chi connectivity index (χ2v) is 5.57. The summed E-state index contributed by atoms with van der Waals surface area (Å²) < 4.78 is 44.9. The Labute approximate surface area is 154 Å². The van der Waals surface area contributed by atoms with Crippen LogP contribution in [-0.2, 0) is 6.18 Å².